The minimum absolute atomic E-state index is 0.187. The summed E-state index contributed by atoms with van der Waals surface area (Å²) in [5.74, 6) is -1.45. The average Bonchev–Trinajstić information content (AvgIpc) is 2.72. The van der Waals surface area contributed by atoms with Crippen LogP contribution in [0.3, 0.4) is 0 Å². The number of hydrogen-bond donors (Lipinski definition) is 0. The quantitative estimate of drug-likeness (QED) is 0.505. The number of amides is 1. The zero-order valence-electron chi connectivity index (χ0n) is 15.4. The van der Waals surface area contributed by atoms with Crippen LogP contribution >= 0.6 is 11.6 Å². The van der Waals surface area contributed by atoms with Crippen LogP contribution in [0, 0.1) is 0 Å². The molecule has 0 aliphatic carbocycles. The van der Waals surface area contributed by atoms with Gasteiger partial charge in [-0.05, 0) is 0 Å². The summed E-state index contributed by atoms with van der Waals surface area (Å²) < 4.78 is 34.1. The summed E-state index contributed by atoms with van der Waals surface area (Å²) in [4.78, 5) is 34.6. The lowest BCUT2D eigenvalue weighted by Gasteiger charge is -2.30. The number of nitrogens with zero attached hydrogens (tertiary/aromatic N) is 3. The Kier molecular flexibility index (Phi) is 6.46. The van der Waals surface area contributed by atoms with Crippen LogP contribution in [0.2, 0.25) is 5.02 Å². The summed E-state index contributed by atoms with van der Waals surface area (Å²) in [5, 5.41) is -0.752. The lowest BCUT2D eigenvalue weighted by Crippen LogP contribution is -2.44. The van der Waals surface area contributed by atoms with E-state index in [0.717, 1.165) is 12.5 Å². The first-order chi connectivity index (χ1) is 13.8. The number of ether oxygens (including phenoxy) is 2. The predicted molar refractivity (Wildman–Crippen MR) is 102 cm³/mol. The minimum Gasteiger partial charge on any atom is -0.443 e. The summed E-state index contributed by atoms with van der Waals surface area (Å²) >= 11 is 5.97. The molecule has 1 aromatic carbocycles. The van der Waals surface area contributed by atoms with E-state index in [4.69, 9.17) is 21.1 Å². The highest BCUT2D eigenvalue weighted by molar-refractivity contribution is 7.90. The molecule has 0 bridgehead atoms. The van der Waals surface area contributed by atoms with Crippen LogP contribution in [0.1, 0.15) is 22.2 Å². The number of halogens is 1. The summed E-state index contributed by atoms with van der Waals surface area (Å²) in [6.07, 6.45) is 0.664. The van der Waals surface area contributed by atoms with Gasteiger partial charge in [0.1, 0.15) is 0 Å². The molecule has 1 aliphatic heterocycles. The van der Waals surface area contributed by atoms with Gasteiger partial charge in [0.2, 0.25) is 21.1 Å². The van der Waals surface area contributed by atoms with E-state index in [1.165, 1.54) is 4.90 Å². The maximum absolute atomic E-state index is 13.0. The first kappa shape index (κ1) is 21.2. The number of esters is 1. The second-order valence-corrected chi connectivity index (χ2v) is 8.57. The Bertz CT molecular complexity index is 1010. The van der Waals surface area contributed by atoms with Gasteiger partial charge < -0.3 is 14.4 Å². The minimum atomic E-state index is -3.77. The molecular formula is C18H18ClN3O6S. The molecule has 3 rings (SSSR count). The van der Waals surface area contributed by atoms with Gasteiger partial charge in [-0.15, -0.1) is 0 Å². The van der Waals surface area contributed by atoms with Gasteiger partial charge >= 0.3 is 5.97 Å². The first-order valence-electron chi connectivity index (χ1n) is 8.62. The Balaban J connectivity index is 1.92. The molecule has 1 aliphatic rings. The topological polar surface area (TPSA) is 116 Å². The molecule has 0 N–H and O–H groups in total. The van der Waals surface area contributed by atoms with Crippen LogP contribution in [-0.4, -0.2) is 67.7 Å². The molecule has 0 unspecified atom stereocenters. The number of hydrogen-bond acceptors (Lipinski definition) is 8. The highest BCUT2D eigenvalue weighted by Gasteiger charge is 2.32. The van der Waals surface area contributed by atoms with Crippen LogP contribution in [0.5, 0.6) is 0 Å². The van der Waals surface area contributed by atoms with Crippen molar-refractivity contribution in [2.45, 2.75) is 11.3 Å². The van der Waals surface area contributed by atoms with Crippen molar-refractivity contribution in [1.82, 2.24) is 14.9 Å². The van der Waals surface area contributed by atoms with E-state index in [9.17, 15) is 18.0 Å². The van der Waals surface area contributed by atoms with Crippen LogP contribution in [-0.2, 0) is 24.1 Å². The van der Waals surface area contributed by atoms with Gasteiger partial charge in [-0.1, -0.05) is 41.9 Å². The van der Waals surface area contributed by atoms with Crippen LogP contribution < -0.4 is 0 Å². The molecular weight excluding hydrogens is 422 g/mol. The van der Waals surface area contributed by atoms with E-state index < -0.39 is 38.7 Å². The standard InChI is InChI=1S/C18H18ClN3O6S/c1-29(25,26)18-20-11-13(19)14(21-18)17(24)28-15(12-5-3-2-4-6-12)16(23)22-7-9-27-10-8-22/h2-6,11,15H,7-10H2,1H3/t15-/m1/s1. The molecule has 1 amide bonds. The van der Waals surface area contributed by atoms with Crippen molar-refractivity contribution in [3.63, 3.8) is 0 Å². The molecule has 1 saturated heterocycles. The van der Waals surface area contributed by atoms with Crippen molar-refractivity contribution < 1.29 is 27.5 Å². The normalized spacial score (nSPS) is 15.6. The second-order valence-electron chi connectivity index (χ2n) is 6.25. The molecule has 1 fully saturated rings. The fourth-order valence-corrected chi connectivity index (χ4v) is 3.34. The molecule has 2 heterocycles. The zero-order chi connectivity index (χ0) is 21.0. The Morgan fingerprint density at radius 3 is 2.48 bits per heavy atom. The number of sulfone groups is 1. The average molecular weight is 440 g/mol. The number of benzene rings is 1. The lowest BCUT2D eigenvalue weighted by molar-refractivity contribution is -0.145. The van der Waals surface area contributed by atoms with E-state index >= 15 is 0 Å². The van der Waals surface area contributed by atoms with Gasteiger partial charge in [-0.25, -0.2) is 23.2 Å². The van der Waals surface area contributed by atoms with Crippen molar-refractivity contribution in [3.8, 4) is 0 Å². The Labute approximate surface area is 172 Å². The SMILES string of the molecule is CS(=O)(=O)c1ncc(Cl)c(C(=O)O[C@@H](C(=O)N2CCOCC2)c2ccccc2)n1. The summed E-state index contributed by atoms with van der Waals surface area (Å²) in [5.41, 5.74) is 0.0312. The predicted octanol–water partition coefficient (Wildman–Crippen LogP) is 1.29. The molecule has 1 aromatic heterocycles. The van der Waals surface area contributed by atoms with Crippen LogP contribution in [0.25, 0.3) is 0 Å². The van der Waals surface area contributed by atoms with E-state index in [1.54, 1.807) is 30.3 Å². The van der Waals surface area contributed by atoms with E-state index in [0.29, 0.717) is 31.9 Å². The van der Waals surface area contributed by atoms with Crippen LogP contribution in [0.4, 0.5) is 0 Å². The Morgan fingerprint density at radius 1 is 1.21 bits per heavy atom. The Morgan fingerprint density at radius 2 is 1.86 bits per heavy atom. The van der Waals surface area contributed by atoms with Gasteiger partial charge in [0.15, 0.2) is 5.69 Å². The molecule has 2 aromatic rings. The van der Waals surface area contributed by atoms with Gasteiger partial charge in [-0.2, -0.15) is 0 Å². The van der Waals surface area contributed by atoms with E-state index in [2.05, 4.69) is 9.97 Å². The molecule has 0 radical (unpaired) electrons. The highest BCUT2D eigenvalue weighted by atomic mass is 35.5. The van der Waals surface area contributed by atoms with Gasteiger partial charge in [0.05, 0.1) is 24.4 Å². The number of aromatic nitrogens is 2. The highest BCUT2D eigenvalue weighted by Crippen LogP contribution is 2.24. The summed E-state index contributed by atoms with van der Waals surface area (Å²) in [6.45, 7) is 1.51. The molecule has 9 nitrogen and oxygen atoms in total. The summed E-state index contributed by atoms with van der Waals surface area (Å²) in [7, 11) is -3.77. The van der Waals surface area contributed by atoms with E-state index in [-0.39, 0.29) is 5.02 Å². The van der Waals surface area contributed by atoms with Crippen molar-refractivity contribution in [2.75, 3.05) is 32.6 Å². The van der Waals surface area contributed by atoms with E-state index in [1.807, 2.05) is 0 Å². The van der Waals surface area contributed by atoms with Gasteiger partial charge in [-0.3, -0.25) is 4.79 Å². The second kappa shape index (κ2) is 8.85. The third-order valence-electron chi connectivity index (χ3n) is 4.12. The monoisotopic (exact) mass is 439 g/mol. The van der Waals surface area contributed by atoms with Gasteiger partial charge in [0.25, 0.3) is 5.91 Å². The zero-order valence-corrected chi connectivity index (χ0v) is 17.0. The number of rotatable bonds is 5. The third-order valence-corrected chi connectivity index (χ3v) is 5.26. The fraction of sp³-hybridized carbons (Fsp3) is 0.333. The summed E-state index contributed by atoms with van der Waals surface area (Å²) in [6, 6.07) is 8.49. The van der Waals surface area contributed by atoms with Gasteiger partial charge in [0, 0.05) is 24.9 Å². The van der Waals surface area contributed by atoms with Crippen molar-refractivity contribution in [2.24, 2.45) is 0 Å². The molecule has 29 heavy (non-hydrogen) atoms. The van der Waals surface area contributed by atoms with Crippen molar-refractivity contribution >= 4 is 33.3 Å². The number of morpholine rings is 1. The smallest absolute Gasteiger partial charge is 0.359 e. The fourth-order valence-electron chi connectivity index (χ4n) is 2.67. The third kappa shape index (κ3) is 5.08. The molecule has 1 atom stereocenters. The maximum Gasteiger partial charge on any atom is 0.359 e. The number of carbonyl (C=O) groups is 2. The largest absolute Gasteiger partial charge is 0.443 e. The Hall–Kier alpha value is -2.56. The van der Waals surface area contributed by atoms with Crippen molar-refractivity contribution in [1.29, 1.82) is 0 Å². The first-order valence-corrected chi connectivity index (χ1v) is 10.9. The molecule has 0 saturated carbocycles. The maximum atomic E-state index is 13.0. The van der Waals surface area contributed by atoms with Crippen molar-refractivity contribution in [3.05, 3.63) is 52.8 Å². The number of carbonyl (C=O) groups excluding carboxylic acids is 2. The molecule has 154 valence electrons. The molecule has 0 spiro atoms. The molecule has 11 heteroatoms. The van der Waals surface area contributed by atoms with Crippen LogP contribution in [0.15, 0.2) is 41.7 Å². The lowest BCUT2D eigenvalue weighted by atomic mass is 10.1.